The first-order valence-corrected chi connectivity index (χ1v) is 7.80. The molecule has 132 valence electrons. The average Bonchev–Trinajstić information content (AvgIpc) is 3.10. The molecule has 1 aromatic heterocycles. The topological polar surface area (TPSA) is 97.5 Å². The highest BCUT2D eigenvalue weighted by atomic mass is 16.5. The predicted molar refractivity (Wildman–Crippen MR) is 95.0 cm³/mol. The van der Waals surface area contributed by atoms with Crippen LogP contribution in [0.5, 0.6) is 0 Å². The Morgan fingerprint density at radius 2 is 1.73 bits per heavy atom. The molecule has 26 heavy (non-hydrogen) atoms. The molecule has 1 heterocycles. The number of para-hydroxylation sites is 2. The van der Waals surface area contributed by atoms with Crippen LogP contribution in [0.3, 0.4) is 0 Å². The molecule has 1 amide bonds. The SMILES string of the molecule is COC(=O)c1ccccc1NC(=O)COC(=O)c1cc2ccccc2[nH]1. The molecule has 0 aliphatic heterocycles. The Bertz CT molecular complexity index is 944. The standard InChI is InChI=1S/C19H16N2O5/c1-25-18(23)13-7-3-5-9-15(13)21-17(22)11-26-19(24)16-10-12-6-2-4-8-14(12)20-16/h2-10,20H,11H2,1H3,(H,21,22). The molecule has 3 rings (SSSR count). The minimum Gasteiger partial charge on any atom is -0.465 e. The third-order valence-corrected chi connectivity index (χ3v) is 3.69. The maximum Gasteiger partial charge on any atom is 0.355 e. The van der Waals surface area contributed by atoms with Crippen molar-refractivity contribution in [1.29, 1.82) is 0 Å². The van der Waals surface area contributed by atoms with E-state index in [9.17, 15) is 14.4 Å². The number of aromatic nitrogens is 1. The van der Waals surface area contributed by atoms with E-state index in [4.69, 9.17) is 4.74 Å². The van der Waals surface area contributed by atoms with E-state index in [-0.39, 0.29) is 16.9 Å². The first-order valence-electron chi connectivity index (χ1n) is 7.80. The summed E-state index contributed by atoms with van der Waals surface area (Å²) in [6.45, 7) is -0.482. The van der Waals surface area contributed by atoms with Crippen LogP contribution in [-0.4, -0.2) is 36.5 Å². The fourth-order valence-corrected chi connectivity index (χ4v) is 2.46. The predicted octanol–water partition coefficient (Wildman–Crippen LogP) is 2.75. The van der Waals surface area contributed by atoms with E-state index >= 15 is 0 Å². The molecule has 7 nitrogen and oxygen atoms in total. The van der Waals surface area contributed by atoms with Gasteiger partial charge >= 0.3 is 11.9 Å². The van der Waals surface area contributed by atoms with Gasteiger partial charge < -0.3 is 19.8 Å². The lowest BCUT2D eigenvalue weighted by atomic mass is 10.2. The van der Waals surface area contributed by atoms with Crippen molar-refractivity contribution in [3.63, 3.8) is 0 Å². The molecular formula is C19H16N2O5. The van der Waals surface area contributed by atoms with Crippen LogP contribution >= 0.6 is 0 Å². The normalized spacial score (nSPS) is 10.3. The number of esters is 2. The zero-order valence-corrected chi connectivity index (χ0v) is 13.9. The van der Waals surface area contributed by atoms with Gasteiger partial charge in [0.25, 0.3) is 5.91 Å². The maximum atomic E-state index is 12.1. The number of H-pyrrole nitrogens is 1. The number of anilines is 1. The number of carbonyl (C=O) groups is 3. The minimum absolute atomic E-state index is 0.213. The van der Waals surface area contributed by atoms with Gasteiger partial charge in [0, 0.05) is 10.9 Å². The van der Waals surface area contributed by atoms with Gasteiger partial charge in [-0.1, -0.05) is 30.3 Å². The van der Waals surface area contributed by atoms with E-state index in [1.54, 1.807) is 24.3 Å². The molecule has 0 aliphatic carbocycles. The van der Waals surface area contributed by atoms with Crippen molar-refractivity contribution in [2.24, 2.45) is 0 Å². The van der Waals surface area contributed by atoms with Gasteiger partial charge in [-0.3, -0.25) is 4.79 Å². The highest BCUT2D eigenvalue weighted by Gasteiger charge is 2.16. The highest BCUT2D eigenvalue weighted by molar-refractivity contribution is 6.02. The lowest BCUT2D eigenvalue weighted by Crippen LogP contribution is -2.22. The Morgan fingerprint density at radius 3 is 2.50 bits per heavy atom. The Labute approximate surface area is 148 Å². The summed E-state index contributed by atoms with van der Waals surface area (Å²) in [5, 5.41) is 3.40. The summed E-state index contributed by atoms with van der Waals surface area (Å²) in [7, 11) is 1.25. The van der Waals surface area contributed by atoms with E-state index in [0.29, 0.717) is 0 Å². The van der Waals surface area contributed by atoms with Crippen LogP contribution < -0.4 is 5.32 Å². The van der Waals surface area contributed by atoms with Crippen molar-refractivity contribution >= 4 is 34.4 Å². The van der Waals surface area contributed by atoms with Crippen molar-refractivity contribution in [3.05, 3.63) is 65.9 Å². The van der Waals surface area contributed by atoms with Crippen molar-refractivity contribution in [2.75, 3.05) is 19.0 Å². The summed E-state index contributed by atoms with van der Waals surface area (Å²) in [6, 6.07) is 15.5. The molecule has 0 atom stereocenters. The Balaban J connectivity index is 1.62. The van der Waals surface area contributed by atoms with Crippen LogP contribution in [0.1, 0.15) is 20.8 Å². The quantitative estimate of drug-likeness (QED) is 0.688. The van der Waals surface area contributed by atoms with Gasteiger partial charge in [-0.2, -0.15) is 0 Å². The maximum absolute atomic E-state index is 12.1. The van der Waals surface area contributed by atoms with Crippen LogP contribution in [0.15, 0.2) is 54.6 Å². The number of benzene rings is 2. The lowest BCUT2D eigenvalue weighted by molar-refractivity contribution is -0.119. The number of ether oxygens (including phenoxy) is 2. The molecule has 0 unspecified atom stereocenters. The fraction of sp³-hybridized carbons (Fsp3) is 0.105. The average molecular weight is 352 g/mol. The second-order valence-electron chi connectivity index (χ2n) is 5.43. The Hall–Kier alpha value is -3.61. The summed E-state index contributed by atoms with van der Waals surface area (Å²) in [5.74, 6) is -1.78. The molecule has 2 aromatic carbocycles. The van der Waals surface area contributed by atoms with Crippen molar-refractivity contribution in [3.8, 4) is 0 Å². The van der Waals surface area contributed by atoms with Crippen molar-refractivity contribution < 1.29 is 23.9 Å². The molecule has 0 radical (unpaired) electrons. The van der Waals surface area contributed by atoms with Gasteiger partial charge in [0.1, 0.15) is 5.69 Å². The molecule has 0 fully saturated rings. The summed E-state index contributed by atoms with van der Waals surface area (Å²) in [4.78, 5) is 38.7. The number of fused-ring (bicyclic) bond motifs is 1. The number of amides is 1. The summed E-state index contributed by atoms with van der Waals surface area (Å²) in [6.07, 6.45) is 0. The zero-order valence-electron chi connectivity index (χ0n) is 13.9. The number of nitrogens with one attached hydrogen (secondary N) is 2. The van der Waals surface area contributed by atoms with E-state index in [1.807, 2.05) is 24.3 Å². The second kappa shape index (κ2) is 7.52. The molecule has 2 N–H and O–H groups in total. The third-order valence-electron chi connectivity index (χ3n) is 3.69. The van der Waals surface area contributed by atoms with Crippen molar-refractivity contribution in [1.82, 2.24) is 4.98 Å². The molecular weight excluding hydrogens is 336 g/mol. The van der Waals surface area contributed by atoms with Crippen LogP contribution in [0.25, 0.3) is 10.9 Å². The van der Waals surface area contributed by atoms with E-state index in [1.165, 1.54) is 13.2 Å². The summed E-state index contributed by atoms with van der Waals surface area (Å²) < 4.78 is 9.68. The van der Waals surface area contributed by atoms with Gasteiger partial charge in [-0.05, 0) is 24.3 Å². The van der Waals surface area contributed by atoms with Crippen LogP contribution in [0.4, 0.5) is 5.69 Å². The van der Waals surface area contributed by atoms with E-state index < -0.39 is 24.5 Å². The summed E-state index contributed by atoms with van der Waals surface area (Å²) in [5.41, 5.74) is 1.56. The Morgan fingerprint density at radius 1 is 1.00 bits per heavy atom. The summed E-state index contributed by atoms with van der Waals surface area (Å²) >= 11 is 0. The van der Waals surface area contributed by atoms with Crippen LogP contribution in [0, 0.1) is 0 Å². The molecule has 0 spiro atoms. The van der Waals surface area contributed by atoms with Gasteiger partial charge in [0.05, 0.1) is 18.4 Å². The highest BCUT2D eigenvalue weighted by Crippen LogP contribution is 2.17. The fourth-order valence-electron chi connectivity index (χ4n) is 2.46. The molecule has 0 saturated carbocycles. The number of methoxy groups -OCH3 is 1. The minimum atomic E-state index is -0.641. The van der Waals surface area contributed by atoms with Crippen LogP contribution in [0.2, 0.25) is 0 Å². The number of hydrogen-bond acceptors (Lipinski definition) is 5. The molecule has 7 heteroatoms. The van der Waals surface area contributed by atoms with Crippen molar-refractivity contribution in [2.45, 2.75) is 0 Å². The number of rotatable bonds is 5. The number of aromatic amines is 1. The lowest BCUT2D eigenvalue weighted by Gasteiger charge is -2.09. The van der Waals surface area contributed by atoms with Gasteiger partial charge in [0.15, 0.2) is 6.61 Å². The monoisotopic (exact) mass is 352 g/mol. The third kappa shape index (κ3) is 3.72. The number of carbonyl (C=O) groups excluding carboxylic acids is 3. The molecule has 3 aromatic rings. The van der Waals surface area contributed by atoms with Gasteiger partial charge in [-0.15, -0.1) is 0 Å². The Kier molecular flexibility index (Phi) is 4.98. The molecule has 0 aliphatic rings. The first kappa shape index (κ1) is 17.2. The number of hydrogen-bond donors (Lipinski definition) is 2. The largest absolute Gasteiger partial charge is 0.465 e. The smallest absolute Gasteiger partial charge is 0.355 e. The van der Waals surface area contributed by atoms with E-state index in [0.717, 1.165) is 10.9 Å². The molecule has 0 saturated heterocycles. The first-order chi connectivity index (χ1) is 12.6. The zero-order chi connectivity index (χ0) is 18.5. The van der Waals surface area contributed by atoms with Gasteiger partial charge in [0.2, 0.25) is 0 Å². The van der Waals surface area contributed by atoms with Crippen LogP contribution in [-0.2, 0) is 14.3 Å². The molecule has 0 bridgehead atoms. The van der Waals surface area contributed by atoms with Gasteiger partial charge in [-0.25, -0.2) is 9.59 Å². The van der Waals surface area contributed by atoms with E-state index in [2.05, 4.69) is 15.0 Å². The second-order valence-corrected chi connectivity index (χ2v) is 5.43.